The SMILES string of the molecule is CC(C)(C)OC(=O)NCCC(=O)N[C@@H](Cc1cn(C(=O)OC(C)(C)C)cn1)C(=O)O. The maximum absolute atomic E-state index is 12.0. The monoisotopic (exact) mass is 426 g/mol. The van der Waals surface area contributed by atoms with Crippen LogP contribution < -0.4 is 10.6 Å². The van der Waals surface area contributed by atoms with Crippen LogP contribution in [0.3, 0.4) is 0 Å². The van der Waals surface area contributed by atoms with E-state index in [0.29, 0.717) is 5.69 Å². The Morgan fingerprint density at radius 1 is 1.10 bits per heavy atom. The Hall–Kier alpha value is -3.11. The summed E-state index contributed by atoms with van der Waals surface area (Å²) in [5.74, 6) is -1.82. The highest BCUT2D eigenvalue weighted by Crippen LogP contribution is 2.10. The third-order valence-corrected chi connectivity index (χ3v) is 3.31. The molecule has 11 heteroatoms. The normalized spacial score (nSPS) is 12.6. The van der Waals surface area contributed by atoms with Gasteiger partial charge < -0.3 is 25.2 Å². The Morgan fingerprint density at radius 2 is 1.70 bits per heavy atom. The van der Waals surface area contributed by atoms with Crippen molar-refractivity contribution in [2.45, 2.75) is 71.6 Å². The molecule has 1 heterocycles. The van der Waals surface area contributed by atoms with Crippen LogP contribution in [0.25, 0.3) is 0 Å². The molecule has 168 valence electrons. The van der Waals surface area contributed by atoms with Crippen molar-refractivity contribution in [3.05, 3.63) is 18.2 Å². The molecule has 1 aromatic heterocycles. The second kappa shape index (κ2) is 10.1. The van der Waals surface area contributed by atoms with Crippen LogP contribution in [0.5, 0.6) is 0 Å². The summed E-state index contributed by atoms with van der Waals surface area (Å²) in [5.41, 5.74) is -1.06. The van der Waals surface area contributed by atoms with Gasteiger partial charge in [-0.3, -0.25) is 4.79 Å². The minimum atomic E-state index is -1.25. The molecule has 2 amide bonds. The smallest absolute Gasteiger partial charge is 0.419 e. The van der Waals surface area contributed by atoms with Gasteiger partial charge in [-0.1, -0.05) is 0 Å². The Balaban J connectivity index is 2.57. The van der Waals surface area contributed by atoms with E-state index in [-0.39, 0.29) is 19.4 Å². The van der Waals surface area contributed by atoms with Crippen LogP contribution in [0, 0.1) is 0 Å². The number of hydrogen-bond donors (Lipinski definition) is 3. The van der Waals surface area contributed by atoms with Crippen LogP contribution in [0.2, 0.25) is 0 Å². The quantitative estimate of drug-likeness (QED) is 0.596. The van der Waals surface area contributed by atoms with Gasteiger partial charge in [0.05, 0.1) is 5.69 Å². The molecule has 3 N–H and O–H groups in total. The summed E-state index contributed by atoms with van der Waals surface area (Å²) in [6.45, 7) is 10.3. The standard InChI is InChI=1S/C19H30N4O7/c1-18(2,3)29-16(27)20-8-7-14(24)22-13(15(25)26)9-12-10-23(11-21-12)17(28)30-19(4,5)6/h10-11,13H,7-9H2,1-6H3,(H,20,27)(H,22,24)(H,25,26)/t13-/m0/s1. The fraction of sp³-hybridized carbons (Fsp3) is 0.632. The average molecular weight is 426 g/mol. The number of amides is 2. The summed E-state index contributed by atoms with van der Waals surface area (Å²) >= 11 is 0. The van der Waals surface area contributed by atoms with Gasteiger partial charge in [0.15, 0.2) is 0 Å². The van der Waals surface area contributed by atoms with Gasteiger partial charge in [0, 0.05) is 25.6 Å². The zero-order chi connectivity index (χ0) is 23.1. The van der Waals surface area contributed by atoms with Crippen LogP contribution in [0.1, 0.15) is 53.7 Å². The van der Waals surface area contributed by atoms with E-state index in [2.05, 4.69) is 15.6 Å². The summed E-state index contributed by atoms with van der Waals surface area (Å²) in [6, 6.07) is -1.25. The Morgan fingerprint density at radius 3 is 2.23 bits per heavy atom. The van der Waals surface area contributed by atoms with E-state index >= 15 is 0 Å². The van der Waals surface area contributed by atoms with Crippen molar-refractivity contribution >= 4 is 24.1 Å². The van der Waals surface area contributed by atoms with E-state index in [9.17, 15) is 24.3 Å². The number of nitrogens with one attached hydrogen (secondary N) is 2. The van der Waals surface area contributed by atoms with Crippen LogP contribution in [0.4, 0.5) is 9.59 Å². The van der Waals surface area contributed by atoms with Crippen molar-refractivity contribution in [2.75, 3.05) is 6.54 Å². The second-order valence-electron chi connectivity index (χ2n) is 8.59. The molecule has 0 aliphatic rings. The Kier molecular flexibility index (Phi) is 8.38. The third kappa shape index (κ3) is 9.89. The topological polar surface area (TPSA) is 149 Å². The summed E-state index contributed by atoms with van der Waals surface area (Å²) in [4.78, 5) is 51.0. The van der Waals surface area contributed by atoms with Crippen LogP contribution in [-0.2, 0) is 25.5 Å². The fourth-order valence-electron chi connectivity index (χ4n) is 2.15. The van der Waals surface area contributed by atoms with Gasteiger partial charge in [-0.2, -0.15) is 0 Å². The van der Waals surface area contributed by atoms with Crippen LogP contribution in [-0.4, -0.2) is 62.5 Å². The average Bonchev–Trinajstić information content (AvgIpc) is 2.99. The fourth-order valence-corrected chi connectivity index (χ4v) is 2.15. The number of carbonyl (C=O) groups is 4. The van der Waals surface area contributed by atoms with Gasteiger partial charge in [-0.25, -0.2) is 23.9 Å². The molecule has 30 heavy (non-hydrogen) atoms. The van der Waals surface area contributed by atoms with Gasteiger partial charge >= 0.3 is 18.2 Å². The first-order chi connectivity index (χ1) is 13.7. The van der Waals surface area contributed by atoms with Gasteiger partial charge in [0.2, 0.25) is 5.91 Å². The van der Waals surface area contributed by atoms with E-state index in [1.54, 1.807) is 41.5 Å². The van der Waals surface area contributed by atoms with Crippen LogP contribution >= 0.6 is 0 Å². The molecule has 0 radical (unpaired) electrons. The Bertz CT molecular complexity index is 775. The van der Waals surface area contributed by atoms with Gasteiger partial charge in [0.1, 0.15) is 23.6 Å². The molecule has 0 aromatic carbocycles. The van der Waals surface area contributed by atoms with E-state index in [1.807, 2.05) is 0 Å². The number of carboxylic acids is 1. The molecule has 0 unspecified atom stereocenters. The highest BCUT2D eigenvalue weighted by atomic mass is 16.6. The van der Waals surface area contributed by atoms with E-state index in [4.69, 9.17) is 9.47 Å². The maximum atomic E-state index is 12.0. The molecule has 1 atom stereocenters. The summed E-state index contributed by atoms with van der Waals surface area (Å²) in [6.07, 6.45) is 0.990. The first kappa shape index (κ1) is 24.9. The van der Waals surface area contributed by atoms with Crippen molar-refractivity contribution < 1.29 is 33.8 Å². The molecule has 0 bridgehead atoms. The molecule has 1 aromatic rings. The highest BCUT2D eigenvalue weighted by molar-refractivity contribution is 5.84. The van der Waals surface area contributed by atoms with Crippen molar-refractivity contribution in [2.24, 2.45) is 0 Å². The molecule has 0 spiro atoms. The maximum Gasteiger partial charge on any atom is 0.419 e. The number of imidazole rings is 1. The first-order valence-electron chi connectivity index (χ1n) is 9.41. The lowest BCUT2D eigenvalue weighted by atomic mass is 10.1. The molecule has 0 saturated carbocycles. The largest absolute Gasteiger partial charge is 0.480 e. The van der Waals surface area contributed by atoms with E-state index in [0.717, 1.165) is 4.57 Å². The summed E-state index contributed by atoms with van der Waals surface area (Å²) in [7, 11) is 0. The lowest BCUT2D eigenvalue weighted by Gasteiger charge is -2.19. The Labute approximate surface area is 175 Å². The third-order valence-electron chi connectivity index (χ3n) is 3.31. The summed E-state index contributed by atoms with van der Waals surface area (Å²) < 4.78 is 11.3. The second-order valence-corrected chi connectivity index (χ2v) is 8.59. The highest BCUT2D eigenvalue weighted by Gasteiger charge is 2.23. The zero-order valence-electron chi connectivity index (χ0n) is 18.1. The van der Waals surface area contributed by atoms with Gasteiger partial charge in [-0.15, -0.1) is 0 Å². The van der Waals surface area contributed by atoms with Crippen LogP contribution in [0.15, 0.2) is 12.5 Å². The number of hydrogen-bond acceptors (Lipinski definition) is 7. The van der Waals surface area contributed by atoms with Crippen molar-refractivity contribution in [3.8, 4) is 0 Å². The number of nitrogens with zero attached hydrogens (tertiary/aromatic N) is 2. The van der Waals surface area contributed by atoms with Gasteiger partial charge in [0.25, 0.3) is 0 Å². The number of carbonyl (C=O) groups excluding carboxylic acids is 3. The molecule has 11 nitrogen and oxygen atoms in total. The van der Waals surface area contributed by atoms with Crippen molar-refractivity contribution in [1.82, 2.24) is 20.2 Å². The predicted octanol–water partition coefficient (Wildman–Crippen LogP) is 1.69. The van der Waals surface area contributed by atoms with Gasteiger partial charge in [-0.05, 0) is 41.5 Å². The summed E-state index contributed by atoms with van der Waals surface area (Å²) in [5, 5.41) is 14.2. The number of carboxylic acid groups (broad SMARTS) is 1. The molecule has 1 rings (SSSR count). The lowest BCUT2D eigenvalue weighted by Crippen LogP contribution is -2.43. The molecule has 0 saturated heterocycles. The molecule has 0 fully saturated rings. The molecule has 0 aliphatic heterocycles. The minimum absolute atomic E-state index is 0.0135. The van der Waals surface area contributed by atoms with E-state index < -0.39 is 41.3 Å². The van der Waals surface area contributed by atoms with Crippen molar-refractivity contribution in [1.29, 1.82) is 0 Å². The number of rotatable bonds is 7. The molecule has 0 aliphatic carbocycles. The minimum Gasteiger partial charge on any atom is -0.480 e. The predicted molar refractivity (Wildman–Crippen MR) is 106 cm³/mol. The number of aromatic nitrogens is 2. The molecular formula is C19H30N4O7. The number of ether oxygens (including phenoxy) is 2. The lowest BCUT2D eigenvalue weighted by molar-refractivity contribution is -0.141. The number of aliphatic carboxylic acids is 1. The van der Waals surface area contributed by atoms with E-state index in [1.165, 1.54) is 12.5 Å². The molecular weight excluding hydrogens is 396 g/mol. The first-order valence-corrected chi connectivity index (χ1v) is 9.41. The number of alkyl carbamates (subject to hydrolysis) is 1. The zero-order valence-corrected chi connectivity index (χ0v) is 18.1. The van der Waals surface area contributed by atoms with Crippen molar-refractivity contribution in [3.63, 3.8) is 0 Å².